The van der Waals surface area contributed by atoms with Gasteiger partial charge < -0.3 is 10.1 Å². The lowest BCUT2D eigenvalue weighted by Gasteiger charge is -2.40. The van der Waals surface area contributed by atoms with Crippen molar-refractivity contribution in [3.8, 4) is 0 Å². The van der Waals surface area contributed by atoms with Crippen LogP contribution < -0.4 is 5.32 Å². The van der Waals surface area contributed by atoms with Crippen LogP contribution in [-0.2, 0) is 10.3 Å². The molecule has 0 saturated heterocycles. The lowest BCUT2D eigenvalue weighted by atomic mass is 9.70. The van der Waals surface area contributed by atoms with Crippen molar-refractivity contribution in [3.63, 3.8) is 0 Å². The SMILES string of the molecule is COC1(c2nsc(NCC(C)C)n2)CCC(C)(C)CC1. The van der Waals surface area contributed by atoms with Gasteiger partial charge in [0.2, 0.25) is 5.13 Å². The maximum absolute atomic E-state index is 5.85. The molecular weight excluding hydrogens is 270 g/mol. The molecule has 1 N–H and O–H groups in total. The van der Waals surface area contributed by atoms with Gasteiger partial charge in [0, 0.05) is 25.2 Å². The van der Waals surface area contributed by atoms with Crippen LogP contribution in [0.15, 0.2) is 0 Å². The Kier molecular flexibility index (Phi) is 4.69. The Balaban J connectivity index is 2.08. The highest BCUT2D eigenvalue weighted by Gasteiger charge is 2.42. The molecule has 0 radical (unpaired) electrons. The van der Waals surface area contributed by atoms with Gasteiger partial charge in [0.25, 0.3) is 0 Å². The van der Waals surface area contributed by atoms with Gasteiger partial charge in [-0.3, -0.25) is 0 Å². The standard InChI is InChI=1S/C15H27N3OS/c1-11(2)10-16-13-17-12(18-20-13)15(19-5)8-6-14(3,4)7-9-15/h11H,6-10H2,1-5H3,(H,16,17,18). The number of ether oxygens (including phenoxy) is 1. The van der Waals surface area contributed by atoms with Crippen LogP contribution in [0.4, 0.5) is 5.13 Å². The molecule has 1 aromatic rings. The number of aromatic nitrogens is 2. The highest BCUT2D eigenvalue weighted by Crippen LogP contribution is 2.46. The Morgan fingerprint density at radius 1 is 1.25 bits per heavy atom. The molecule has 20 heavy (non-hydrogen) atoms. The second-order valence-corrected chi connectivity index (χ2v) is 7.81. The van der Waals surface area contributed by atoms with Crippen molar-refractivity contribution in [2.75, 3.05) is 19.0 Å². The molecule has 0 spiro atoms. The fourth-order valence-electron chi connectivity index (χ4n) is 2.62. The second-order valence-electron chi connectivity index (χ2n) is 7.06. The van der Waals surface area contributed by atoms with E-state index in [1.165, 1.54) is 11.5 Å². The van der Waals surface area contributed by atoms with Crippen molar-refractivity contribution in [1.82, 2.24) is 9.36 Å². The van der Waals surface area contributed by atoms with Crippen molar-refractivity contribution in [1.29, 1.82) is 0 Å². The average Bonchev–Trinajstić information content (AvgIpc) is 2.86. The van der Waals surface area contributed by atoms with Crippen molar-refractivity contribution >= 4 is 16.7 Å². The molecule has 0 atom stereocenters. The molecule has 1 aliphatic carbocycles. The van der Waals surface area contributed by atoms with Crippen LogP contribution in [0.2, 0.25) is 0 Å². The quantitative estimate of drug-likeness (QED) is 0.890. The summed E-state index contributed by atoms with van der Waals surface area (Å²) < 4.78 is 10.4. The molecule has 114 valence electrons. The minimum atomic E-state index is -0.274. The summed E-state index contributed by atoms with van der Waals surface area (Å²) in [6.07, 6.45) is 4.34. The average molecular weight is 297 g/mol. The molecule has 0 amide bonds. The normalized spacial score (nSPS) is 21.1. The lowest BCUT2D eigenvalue weighted by Crippen LogP contribution is -2.37. The molecule has 1 aromatic heterocycles. The Bertz CT molecular complexity index is 432. The zero-order chi connectivity index (χ0) is 14.8. The lowest BCUT2D eigenvalue weighted by molar-refractivity contribution is -0.0720. The summed E-state index contributed by atoms with van der Waals surface area (Å²) >= 11 is 1.45. The van der Waals surface area contributed by atoms with E-state index in [4.69, 9.17) is 4.74 Å². The largest absolute Gasteiger partial charge is 0.370 e. The van der Waals surface area contributed by atoms with Gasteiger partial charge in [-0.1, -0.05) is 27.7 Å². The van der Waals surface area contributed by atoms with Crippen LogP contribution in [0.5, 0.6) is 0 Å². The number of hydrogen-bond donors (Lipinski definition) is 1. The topological polar surface area (TPSA) is 47.0 Å². The Morgan fingerprint density at radius 2 is 1.90 bits per heavy atom. The Labute approximate surface area is 126 Å². The van der Waals surface area contributed by atoms with Crippen LogP contribution in [-0.4, -0.2) is 23.0 Å². The summed E-state index contributed by atoms with van der Waals surface area (Å²) in [6.45, 7) is 9.97. The van der Waals surface area contributed by atoms with Crippen LogP contribution in [0, 0.1) is 11.3 Å². The summed E-state index contributed by atoms with van der Waals surface area (Å²) in [6, 6.07) is 0. The molecule has 5 heteroatoms. The maximum Gasteiger partial charge on any atom is 0.202 e. The van der Waals surface area contributed by atoms with Crippen molar-refractivity contribution < 1.29 is 4.74 Å². The van der Waals surface area contributed by atoms with E-state index in [2.05, 4.69) is 42.4 Å². The fraction of sp³-hybridized carbons (Fsp3) is 0.867. The van der Waals surface area contributed by atoms with Crippen molar-refractivity contribution in [2.45, 2.75) is 59.0 Å². The molecule has 4 nitrogen and oxygen atoms in total. The minimum Gasteiger partial charge on any atom is -0.370 e. The number of anilines is 1. The molecule has 2 rings (SSSR count). The molecule has 0 aromatic carbocycles. The van der Waals surface area contributed by atoms with E-state index in [1.807, 2.05) is 0 Å². The maximum atomic E-state index is 5.85. The number of hydrogen-bond acceptors (Lipinski definition) is 5. The smallest absolute Gasteiger partial charge is 0.202 e. The van der Waals surface area contributed by atoms with E-state index >= 15 is 0 Å². The first-order chi connectivity index (χ1) is 9.37. The summed E-state index contributed by atoms with van der Waals surface area (Å²) in [5.41, 5.74) is 0.139. The first-order valence-corrected chi connectivity index (χ1v) is 8.27. The highest BCUT2D eigenvalue weighted by atomic mass is 32.1. The molecule has 1 saturated carbocycles. The minimum absolute atomic E-state index is 0.274. The van der Waals surface area contributed by atoms with E-state index in [9.17, 15) is 0 Å². The summed E-state index contributed by atoms with van der Waals surface area (Å²) in [7, 11) is 1.79. The first-order valence-electron chi connectivity index (χ1n) is 7.50. The van der Waals surface area contributed by atoms with E-state index in [0.29, 0.717) is 11.3 Å². The van der Waals surface area contributed by atoms with Crippen LogP contribution in [0.3, 0.4) is 0 Å². The van der Waals surface area contributed by atoms with Crippen LogP contribution in [0.25, 0.3) is 0 Å². The van der Waals surface area contributed by atoms with E-state index < -0.39 is 0 Å². The van der Waals surface area contributed by atoms with E-state index in [0.717, 1.165) is 43.2 Å². The van der Waals surface area contributed by atoms with Gasteiger partial charge >= 0.3 is 0 Å². The Morgan fingerprint density at radius 3 is 2.45 bits per heavy atom. The number of rotatable bonds is 5. The zero-order valence-corrected chi connectivity index (χ0v) is 14.1. The fourth-order valence-corrected chi connectivity index (χ4v) is 3.28. The van der Waals surface area contributed by atoms with E-state index in [1.54, 1.807) is 7.11 Å². The molecule has 0 unspecified atom stereocenters. The van der Waals surface area contributed by atoms with Crippen LogP contribution in [0.1, 0.15) is 59.2 Å². The first kappa shape index (κ1) is 15.7. The van der Waals surface area contributed by atoms with Gasteiger partial charge in [-0.15, -0.1) is 0 Å². The van der Waals surface area contributed by atoms with Crippen LogP contribution >= 0.6 is 11.5 Å². The number of nitrogens with one attached hydrogen (secondary N) is 1. The third kappa shape index (κ3) is 3.50. The van der Waals surface area contributed by atoms with Crippen molar-refractivity contribution in [2.24, 2.45) is 11.3 Å². The molecule has 1 heterocycles. The predicted molar refractivity (Wildman–Crippen MR) is 84.2 cm³/mol. The molecule has 1 fully saturated rings. The van der Waals surface area contributed by atoms with Gasteiger partial charge in [0.15, 0.2) is 5.82 Å². The monoisotopic (exact) mass is 297 g/mol. The molecular formula is C15H27N3OS. The third-order valence-corrected chi connectivity index (χ3v) is 4.97. The summed E-state index contributed by atoms with van der Waals surface area (Å²) in [5.74, 6) is 1.47. The van der Waals surface area contributed by atoms with Crippen molar-refractivity contribution in [3.05, 3.63) is 5.82 Å². The summed E-state index contributed by atoms with van der Waals surface area (Å²) in [4.78, 5) is 4.67. The predicted octanol–water partition coefficient (Wildman–Crippen LogP) is 4.05. The molecule has 0 bridgehead atoms. The van der Waals surface area contributed by atoms with E-state index in [-0.39, 0.29) is 5.60 Å². The highest BCUT2D eigenvalue weighted by molar-refractivity contribution is 7.09. The third-order valence-electron chi connectivity index (χ3n) is 4.30. The molecule has 0 aliphatic heterocycles. The molecule has 1 aliphatic rings. The zero-order valence-electron chi connectivity index (χ0n) is 13.3. The van der Waals surface area contributed by atoms with Gasteiger partial charge in [-0.05, 0) is 37.0 Å². The second kappa shape index (κ2) is 5.98. The Hall–Kier alpha value is -0.680. The van der Waals surface area contributed by atoms with Gasteiger partial charge in [0.1, 0.15) is 5.60 Å². The number of methoxy groups -OCH3 is 1. The number of nitrogens with zero attached hydrogens (tertiary/aromatic N) is 2. The van der Waals surface area contributed by atoms with Gasteiger partial charge in [-0.2, -0.15) is 4.37 Å². The summed E-state index contributed by atoms with van der Waals surface area (Å²) in [5, 5.41) is 4.26. The van der Waals surface area contributed by atoms with Gasteiger partial charge in [0.05, 0.1) is 0 Å². The van der Waals surface area contributed by atoms with Gasteiger partial charge in [-0.25, -0.2) is 4.98 Å².